The van der Waals surface area contributed by atoms with E-state index in [2.05, 4.69) is 15.5 Å². The van der Waals surface area contributed by atoms with Gasteiger partial charge in [0.1, 0.15) is 12.6 Å². The summed E-state index contributed by atoms with van der Waals surface area (Å²) in [5.41, 5.74) is 1.37. The molecular weight excluding hydrogens is 388 g/mol. The van der Waals surface area contributed by atoms with Crippen LogP contribution in [0.25, 0.3) is 11.4 Å². The maximum Gasteiger partial charge on any atom is 0.270 e. The summed E-state index contributed by atoms with van der Waals surface area (Å²) in [6.07, 6.45) is 0. The minimum absolute atomic E-state index is 0.0264. The molecule has 0 aliphatic carbocycles. The molecule has 1 atom stereocenters. The topological polar surface area (TPSA) is 120 Å². The maximum absolute atomic E-state index is 12.3. The van der Waals surface area contributed by atoms with Crippen molar-refractivity contribution >= 4 is 11.6 Å². The molecule has 0 radical (unpaired) electrons. The van der Waals surface area contributed by atoms with Gasteiger partial charge in [-0.3, -0.25) is 14.9 Å². The second-order valence-corrected chi connectivity index (χ2v) is 7.03. The van der Waals surface area contributed by atoms with E-state index in [9.17, 15) is 14.9 Å². The third-order valence-electron chi connectivity index (χ3n) is 4.35. The zero-order valence-corrected chi connectivity index (χ0v) is 16.6. The average Bonchev–Trinajstić information content (AvgIpc) is 3.22. The number of nitro benzene ring substituents is 1. The van der Waals surface area contributed by atoms with E-state index >= 15 is 0 Å². The van der Waals surface area contributed by atoms with Crippen LogP contribution in [0.3, 0.4) is 0 Å². The summed E-state index contributed by atoms with van der Waals surface area (Å²) in [4.78, 5) is 27.1. The molecule has 156 valence electrons. The molecule has 0 aliphatic rings. The fourth-order valence-corrected chi connectivity index (χ4v) is 2.80. The molecule has 1 amide bonds. The van der Waals surface area contributed by atoms with Gasteiger partial charge >= 0.3 is 0 Å². The molecule has 0 aliphatic heterocycles. The molecule has 0 bridgehead atoms. The van der Waals surface area contributed by atoms with Gasteiger partial charge in [0.15, 0.2) is 0 Å². The van der Waals surface area contributed by atoms with Crippen LogP contribution in [0.2, 0.25) is 0 Å². The molecule has 3 rings (SSSR count). The van der Waals surface area contributed by atoms with Crippen LogP contribution < -0.4 is 5.32 Å². The number of ether oxygens (including phenoxy) is 1. The van der Waals surface area contributed by atoms with Crippen molar-refractivity contribution in [3.63, 3.8) is 0 Å². The van der Waals surface area contributed by atoms with Gasteiger partial charge < -0.3 is 14.6 Å². The molecule has 0 saturated carbocycles. The Balaban J connectivity index is 1.64. The van der Waals surface area contributed by atoms with Crippen LogP contribution in [0.15, 0.2) is 59.1 Å². The Labute approximate surface area is 173 Å². The van der Waals surface area contributed by atoms with Crippen LogP contribution in [0, 0.1) is 16.0 Å². The van der Waals surface area contributed by atoms with E-state index in [1.54, 1.807) is 12.1 Å². The normalized spacial score (nSPS) is 12.0. The molecule has 0 unspecified atom stereocenters. The quantitative estimate of drug-likeness (QED) is 0.422. The first-order valence-electron chi connectivity index (χ1n) is 9.43. The second-order valence-electron chi connectivity index (χ2n) is 7.03. The fourth-order valence-electron chi connectivity index (χ4n) is 2.80. The standard InChI is InChI=1S/C21H22N4O5/c1-14(2)19(22-18(26)13-29-12-15-7-4-3-5-8-15)21-23-20(24-30-21)16-9-6-10-17(11-16)25(27)28/h3-11,14,19H,12-13H2,1-2H3,(H,22,26)/t19-/m0/s1. The molecule has 9 heteroatoms. The lowest BCUT2D eigenvalue weighted by atomic mass is 10.0. The number of benzene rings is 2. The van der Waals surface area contributed by atoms with Crippen molar-refractivity contribution in [2.75, 3.05) is 6.61 Å². The summed E-state index contributed by atoms with van der Waals surface area (Å²) >= 11 is 0. The minimum atomic E-state index is -0.516. The zero-order valence-electron chi connectivity index (χ0n) is 16.6. The first-order valence-corrected chi connectivity index (χ1v) is 9.43. The third-order valence-corrected chi connectivity index (χ3v) is 4.35. The van der Waals surface area contributed by atoms with E-state index in [1.165, 1.54) is 12.1 Å². The molecule has 1 heterocycles. The van der Waals surface area contributed by atoms with Gasteiger partial charge in [-0.15, -0.1) is 0 Å². The first kappa shape index (κ1) is 21.1. The highest BCUT2D eigenvalue weighted by molar-refractivity contribution is 5.77. The van der Waals surface area contributed by atoms with Crippen molar-refractivity contribution in [1.82, 2.24) is 15.5 Å². The molecular formula is C21H22N4O5. The van der Waals surface area contributed by atoms with Gasteiger partial charge in [0.2, 0.25) is 17.6 Å². The summed E-state index contributed by atoms with van der Waals surface area (Å²) in [5.74, 6) is 0.109. The van der Waals surface area contributed by atoms with Gasteiger partial charge in [-0.25, -0.2) is 0 Å². The van der Waals surface area contributed by atoms with Gasteiger partial charge in [-0.05, 0) is 11.5 Å². The van der Waals surface area contributed by atoms with Gasteiger partial charge in [-0.2, -0.15) is 4.98 Å². The molecule has 0 fully saturated rings. The Kier molecular flexibility index (Phi) is 6.87. The lowest BCUT2D eigenvalue weighted by Crippen LogP contribution is -2.34. The smallest absolute Gasteiger partial charge is 0.270 e. The molecule has 2 aromatic carbocycles. The predicted molar refractivity (Wildman–Crippen MR) is 108 cm³/mol. The van der Waals surface area contributed by atoms with Crippen molar-refractivity contribution in [1.29, 1.82) is 0 Å². The van der Waals surface area contributed by atoms with E-state index in [-0.39, 0.29) is 35.8 Å². The molecule has 1 N–H and O–H groups in total. The van der Waals surface area contributed by atoms with Gasteiger partial charge in [0.25, 0.3) is 5.69 Å². The highest BCUT2D eigenvalue weighted by Crippen LogP contribution is 2.25. The van der Waals surface area contributed by atoms with Crippen LogP contribution in [0.1, 0.15) is 31.3 Å². The number of hydrogen-bond acceptors (Lipinski definition) is 7. The van der Waals surface area contributed by atoms with Crippen LogP contribution in [0.5, 0.6) is 0 Å². The summed E-state index contributed by atoms with van der Waals surface area (Å²) in [6, 6.07) is 15.0. The van der Waals surface area contributed by atoms with E-state index < -0.39 is 11.0 Å². The number of amides is 1. The molecule has 3 aromatic rings. The second kappa shape index (κ2) is 9.75. The summed E-state index contributed by atoms with van der Waals surface area (Å²) in [7, 11) is 0. The van der Waals surface area contributed by atoms with Crippen LogP contribution >= 0.6 is 0 Å². The van der Waals surface area contributed by atoms with Crippen LogP contribution in [-0.2, 0) is 16.1 Å². The molecule has 0 saturated heterocycles. The minimum Gasteiger partial charge on any atom is -0.367 e. The lowest BCUT2D eigenvalue weighted by Gasteiger charge is -2.18. The summed E-state index contributed by atoms with van der Waals surface area (Å²) in [6.45, 7) is 4.04. The van der Waals surface area contributed by atoms with E-state index in [0.717, 1.165) is 5.56 Å². The SMILES string of the molecule is CC(C)[C@H](NC(=O)COCc1ccccc1)c1nc(-c2cccc([N+](=O)[O-])c2)no1. The Bertz CT molecular complexity index is 1000. The highest BCUT2D eigenvalue weighted by atomic mass is 16.6. The van der Waals surface area contributed by atoms with Gasteiger partial charge in [0.05, 0.1) is 11.5 Å². The molecule has 30 heavy (non-hydrogen) atoms. The highest BCUT2D eigenvalue weighted by Gasteiger charge is 2.25. The summed E-state index contributed by atoms with van der Waals surface area (Å²) < 4.78 is 10.8. The van der Waals surface area contributed by atoms with Crippen molar-refractivity contribution in [2.24, 2.45) is 5.92 Å². The van der Waals surface area contributed by atoms with Gasteiger partial charge in [-0.1, -0.05) is 61.5 Å². The number of nitrogens with one attached hydrogen (secondary N) is 1. The average molecular weight is 410 g/mol. The van der Waals surface area contributed by atoms with Gasteiger partial charge in [0, 0.05) is 17.7 Å². The Hall–Kier alpha value is -3.59. The number of nitro groups is 1. The maximum atomic E-state index is 12.3. The van der Waals surface area contributed by atoms with E-state index in [0.29, 0.717) is 12.2 Å². The Morgan fingerprint density at radius 2 is 1.97 bits per heavy atom. The van der Waals surface area contributed by atoms with Crippen molar-refractivity contribution in [2.45, 2.75) is 26.5 Å². The molecule has 0 spiro atoms. The number of carbonyl (C=O) groups excluding carboxylic acids is 1. The largest absolute Gasteiger partial charge is 0.367 e. The Morgan fingerprint density at radius 1 is 1.20 bits per heavy atom. The predicted octanol–water partition coefficient (Wildman–Crippen LogP) is 3.67. The zero-order chi connectivity index (χ0) is 21.5. The molecule has 1 aromatic heterocycles. The van der Waals surface area contributed by atoms with Crippen molar-refractivity contribution in [3.8, 4) is 11.4 Å². The van der Waals surface area contributed by atoms with Crippen LogP contribution in [-0.4, -0.2) is 27.6 Å². The number of nitrogens with zero attached hydrogens (tertiary/aromatic N) is 3. The first-order chi connectivity index (χ1) is 14.4. The monoisotopic (exact) mass is 410 g/mol. The molecule has 9 nitrogen and oxygen atoms in total. The Morgan fingerprint density at radius 3 is 2.67 bits per heavy atom. The third kappa shape index (κ3) is 5.48. The van der Waals surface area contributed by atoms with Crippen LogP contribution in [0.4, 0.5) is 5.69 Å². The summed E-state index contributed by atoms with van der Waals surface area (Å²) in [5, 5.41) is 17.7. The number of non-ortho nitro benzene ring substituents is 1. The van der Waals surface area contributed by atoms with Crippen molar-refractivity contribution < 1.29 is 19.0 Å². The van der Waals surface area contributed by atoms with E-state index in [1.807, 2.05) is 44.2 Å². The number of aromatic nitrogens is 2. The number of hydrogen-bond donors (Lipinski definition) is 1. The number of rotatable bonds is 9. The van der Waals surface area contributed by atoms with Crippen molar-refractivity contribution in [3.05, 3.63) is 76.2 Å². The van der Waals surface area contributed by atoms with E-state index in [4.69, 9.17) is 9.26 Å². The number of carbonyl (C=O) groups is 1. The lowest BCUT2D eigenvalue weighted by molar-refractivity contribution is -0.384. The fraction of sp³-hybridized carbons (Fsp3) is 0.286.